The van der Waals surface area contributed by atoms with Gasteiger partial charge in [0.2, 0.25) is 5.91 Å². The standard InChI is InChI=1S/C24H20N4O6/c1-14-4-3-5-17(10-14)25-22(29)13-27-23(30)19(26-24(27)31)12-18-8-9-21(34-18)16-7-6-15(2)20(11-16)28(32)33/h3-12H,13H2,1-2H3,(H,25,29)(H,26,31)/b19-12+. The number of carbonyl (C=O) groups excluding carboxylic acids is 3. The molecular weight excluding hydrogens is 440 g/mol. The second kappa shape index (κ2) is 9.02. The normalized spacial score (nSPS) is 14.4. The van der Waals surface area contributed by atoms with Crippen LogP contribution in [0.1, 0.15) is 16.9 Å². The molecule has 2 N–H and O–H groups in total. The van der Waals surface area contributed by atoms with Crippen molar-refractivity contribution < 1.29 is 23.7 Å². The first-order valence-corrected chi connectivity index (χ1v) is 10.3. The third kappa shape index (κ3) is 4.70. The highest BCUT2D eigenvalue weighted by Crippen LogP contribution is 2.29. The predicted octanol–water partition coefficient (Wildman–Crippen LogP) is 4.00. The van der Waals surface area contributed by atoms with Crippen LogP contribution in [0.25, 0.3) is 17.4 Å². The molecule has 0 aliphatic carbocycles. The number of carbonyl (C=O) groups is 3. The zero-order valence-corrected chi connectivity index (χ0v) is 18.3. The Morgan fingerprint density at radius 3 is 2.68 bits per heavy atom. The fourth-order valence-electron chi connectivity index (χ4n) is 3.47. The number of anilines is 1. The van der Waals surface area contributed by atoms with Gasteiger partial charge in [-0.15, -0.1) is 0 Å². The molecule has 2 aromatic carbocycles. The third-order valence-electron chi connectivity index (χ3n) is 5.17. The van der Waals surface area contributed by atoms with E-state index in [1.54, 1.807) is 49.4 Å². The summed E-state index contributed by atoms with van der Waals surface area (Å²) in [4.78, 5) is 48.8. The Hall–Kier alpha value is -4.73. The van der Waals surface area contributed by atoms with Gasteiger partial charge in [0, 0.05) is 29.0 Å². The lowest BCUT2D eigenvalue weighted by Gasteiger charge is -2.12. The van der Waals surface area contributed by atoms with Gasteiger partial charge in [0.15, 0.2) is 0 Å². The van der Waals surface area contributed by atoms with E-state index in [0.717, 1.165) is 10.5 Å². The number of nitro benzene ring substituents is 1. The summed E-state index contributed by atoms with van der Waals surface area (Å²) in [5, 5.41) is 16.3. The van der Waals surface area contributed by atoms with Gasteiger partial charge in [-0.2, -0.15) is 0 Å². The van der Waals surface area contributed by atoms with E-state index in [-0.39, 0.29) is 17.1 Å². The summed E-state index contributed by atoms with van der Waals surface area (Å²) < 4.78 is 5.70. The molecule has 4 amide bonds. The molecule has 3 aromatic rings. The van der Waals surface area contributed by atoms with Crippen molar-refractivity contribution in [2.75, 3.05) is 11.9 Å². The second-order valence-corrected chi connectivity index (χ2v) is 7.76. The summed E-state index contributed by atoms with van der Waals surface area (Å²) >= 11 is 0. The Morgan fingerprint density at radius 1 is 1.15 bits per heavy atom. The van der Waals surface area contributed by atoms with Gasteiger partial charge < -0.3 is 15.1 Å². The summed E-state index contributed by atoms with van der Waals surface area (Å²) in [6, 6.07) is 14.3. The monoisotopic (exact) mass is 460 g/mol. The Balaban J connectivity index is 1.47. The van der Waals surface area contributed by atoms with Crippen molar-refractivity contribution in [3.63, 3.8) is 0 Å². The number of amides is 4. The molecule has 1 saturated heterocycles. The molecular formula is C24H20N4O6. The first-order valence-electron chi connectivity index (χ1n) is 10.3. The largest absolute Gasteiger partial charge is 0.457 e. The number of hydrogen-bond acceptors (Lipinski definition) is 6. The summed E-state index contributed by atoms with van der Waals surface area (Å²) in [6.07, 6.45) is 1.34. The molecule has 0 spiro atoms. The van der Waals surface area contributed by atoms with Gasteiger partial charge in [0.05, 0.1) is 4.92 Å². The van der Waals surface area contributed by atoms with Crippen LogP contribution < -0.4 is 10.6 Å². The van der Waals surface area contributed by atoms with E-state index in [4.69, 9.17) is 4.42 Å². The highest BCUT2D eigenvalue weighted by molar-refractivity contribution is 6.15. The zero-order valence-electron chi connectivity index (χ0n) is 18.3. The average Bonchev–Trinajstić information content (AvgIpc) is 3.34. The van der Waals surface area contributed by atoms with Crippen LogP contribution in [0.5, 0.6) is 0 Å². The number of nitrogens with one attached hydrogen (secondary N) is 2. The van der Waals surface area contributed by atoms with Gasteiger partial charge in [0.1, 0.15) is 23.8 Å². The topological polar surface area (TPSA) is 135 Å². The average molecular weight is 460 g/mol. The first kappa shape index (κ1) is 22.5. The lowest BCUT2D eigenvalue weighted by molar-refractivity contribution is -0.385. The number of aryl methyl sites for hydroxylation is 2. The Kier molecular flexibility index (Phi) is 5.96. The fourth-order valence-corrected chi connectivity index (χ4v) is 3.47. The molecule has 2 heterocycles. The van der Waals surface area contributed by atoms with E-state index in [9.17, 15) is 24.5 Å². The van der Waals surface area contributed by atoms with Crippen molar-refractivity contribution >= 4 is 35.3 Å². The number of furan rings is 1. The van der Waals surface area contributed by atoms with E-state index in [0.29, 0.717) is 22.6 Å². The predicted molar refractivity (Wildman–Crippen MR) is 124 cm³/mol. The quantitative estimate of drug-likeness (QED) is 0.247. The maximum absolute atomic E-state index is 12.7. The molecule has 1 fully saturated rings. The van der Waals surface area contributed by atoms with Crippen LogP contribution in [0.4, 0.5) is 16.2 Å². The van der Waals surface area contributed by atoms with E-state index >= 15 is 0 Å². The molecule has 0 unspecified atom stereocenters. The van der Waals surface area contributed by atoms with Crippen molar-refractivity contribution in [2.24, 2.45) is 0 Å². The minimum atomic E-state index is -0.725. The molecule has 0 atom stereocenters. The lowest BCUT2D eigenvalue weighted by atomic mass is 10.1. The molecule has 1 aromatic heterocycles. The molecule has 0 radical (unpaired) electrons. The van der Waals surface area contributed by atoms with Crippen LogP contribution >= 0.6 is 0 Å². The van der Waals surface area contributed by atoms with Gasteiger partial charge in [-0.05, 0) is 43.7 Å². The molecule has 4 rings (SSSR count). The first-order chi connectivity index (χ1) is 16.2. The molecule has 172 valence electrons. The van der Waals surface area contributed by atoms with Gasteiger partial charge in [0.25, 0.3) is 11.6 Å². The Labute approximate surface area is 194 Å². The SMILES string of the molecule is Cc1cccc(NC(=O)CN2C(=O)N/C(=C/c3ccc(-c4ccc(C)c([N+](=O)[O-])c4)o3)C2=O)c1. The molecule has 1 aliphatic heterocycles. The van der Waals surface area contributed by atoms with Crippen LogP contribution in [0.2, 0.25) is 0 Å². The number of nitrogens with zero attached hydrogens (tertiary/aromatic N) is 2. The van der Waals surface area contributed by atoms with Crippen molar-refractivity contribution in [2.45, 2.75) is 13.8 Å². The maximum Gasteiger partial charge on any atom is 0.329 e. The molecule has 34 heavy (non-hydrogen) atoms. The molecule has 10 nitrogen and oxygen atoms in total. The Bertz CT molecular complexity index is 1360. The number of urea groups is 1. The summed E-state index contributed by atoms with van der Waals surface area (Å²) in [7, 11) is 0. The molecule has 1 aliphatic rings. The summed E-state index contributed by atoms with van der Waals surface area (Å²) in [6.45, 7) is 3.07. The van der Waals surface area contributed by atoms with Crippen LogP contribution in [0, 0.1) is 24.0 Å². The van der Waals surface area contributed by atoms with Gasteiger partial charge in [-0.1, -0.05) is 24.3 Å². The van der Waals surface area contributed by atoms with Crippen molar-refractivity contribution in [3.8, 4) is 11.3 Å². The lowest BCUT2D eigenvalue weighted by Crippen LogP contribution is -2.38. The van der Waals surface area contributed by atoms with E-state index in [1.807, 2.05) is 13.0 Å². The molecule has 0 saturated carbocycles. The number of benzene rings is 2. The summed E-state index contributed by atoms with van der Waals surface area (Å²) in [5.74, 6) is -0.570. The zero-order chi connectivity index (χ0) is 24.4. The number of hydrogen-bond donors (Lipinski definition) is 2. The number of rotatable bonds is 6. The highest BCUT2D eigenvalue weighted by atomic mass is 16.6. The van der Waals surface area contributed by atoms with Crippen LogP contribution in [-0.4, -0.2) is 34.2 Å². The second-order valence-electron chi connectivity index (χ2n) is 7.76. The highest BCUT2D eigenvalue weighted by Gasteiger charge is 2.35. The Morgan fingerprint density at radius 2 is 1.94 bits per heavy atom. The maximum atomic E-state index is 12.7. The summed E-state index contributed by atoms with van der Waals surface area (Å²) in [5.41, 5.74) is 2.45. The van der Waals surface area contributed by atoms with Crippen molar-refractivity contribution in [3.05, 3.63) is 87.3 Å². The minimum Gasteiger partial charge on any atom is -0.457 e. The number of imide groups is 1. The van der Waals surface area contributed by atoms with Gasteiger partial charge in [-0.3, -0.25) is 19.7 Å². The molecule has 0 bridgehead atoms. The van der Waals surface area contributed by atoms with Crippen molar-refractivity contribution in [1.82, 2.24) is 10.2 Å². The fraction of sp³-hybridized carbons (Fsp3) is 0.125. The third-order valence-corrected chi connectivity index (χ3v) is 5.17. The number of nitro groups is 1. The van der Waals surface area contributed by atoms with Gasteiger partial charge >= 0.3 is 6.03 Å². The van der Waals surface area contributed by atoms with Crippen LogP contribution in [-0.2, 0) is 9.59 Å². The van der Waals surface area contributed by atoms with E-state index in [1.165, 1.54) is 12.1 Å². The van der Waals surface area contributed by atoms with E-state index in [2.05, 4.69) is 10.6 Å². The minimum absolute atomic E-state index is 0.0355. The van der Waals surface area contributed by atoms with Crippen LogP contribution in [0.15, 0.2) is 64.7 Å². The van der Waals surface area contributed by atoms with Gasteiger partial charge in [-0.25, -0.2) is 9.69 Å². The van der Waals surface area contributed by atoms with E-state index < -0.39 is 29.3 Å². The molecule has 10 heteroatoms. The van der Waals surface area contributed by atoms with Crippen molar-refractivity contribution in [1.29, 1.82) is 0 Å². The smallest absolute Gasteiger partial charge is 0.329 e. The van der Waals surface area contributed by atoms with Crippen LogP contribution in [0.3, 0.4) is 0 Å².